The molecule has 0 radical (unpaired) electrons. The van der Waals surface area contributed by atoms with Crippen LogP contribution < -0.4 is 0 Å². The fourth-order valence-electron chi connectivity index (χ4n) is 1.19. The molecule has 1 saturated heterocycles. The lowest BCUT2D eigenvalue weighted by atomic mass is 10.4. The molecule has 0 aromatic heterocycles. The Bertz CT molecular complexity index is 138. The quantitative estimate of drug-likeness (QED) is 0.417. The van der Waals surface area contributed by atoms with Crippen molar-refractivity contribution in [2.75, 3.05) is 6.54 Å². The highest BCUT2D eigenvalue weighted by molar-refractivity contribution is 14.1. The summed E-state index contributed by atoms with van der Waals surface area (Å²) >= 11 is 2.33. The molecule has 58 valence electrons. The lowest BCUT2D eigenvalue weighted by Gasteiger charge is -2.20. The number of nitrogens with zero attached hydrogens (tertiary/aromatic N) is 1. The molecule has 1 fully saturated rings. The normalized spacial score (nSPS) is 21.8. The first-order valence-corrected chi connectivity index (χ1v) is 4.93. The molecule has 10 heavy (non-hydrogen) atoms. The van der Waals surface area contributed by atoms with Crippen molar-refractivity contribution in [1.82, 2.24) is 4.90 Å². The molecule has 1 aliphatic heterocycles. The fourth-order valence-corrected chi connectivity index (χ4v) is 1.77. The van der Waals surface area contributed by atoms with Crippen molar-refractivity contribution in [2.45, 2.75) is 30.2 Å². The second-order valence-corrected chi connectivity index (χ2v) is 3.97. The van der Waals surface area contributed by atoms with Gasteiger partial charge < -0.3 is 4.90 Å². The van der Waals surface area contributed by atoms with Gasteiger partial charge in [0, 0.05) is 13.0 Å². The molecule has 1 unspecified atom stereocenters. The van der Waals surface area contributed by atoms with Crippen molar-refractivity contribution >= 4 is 28.5 Å². The summed E-state index contributed by atoms with van der Waals surface area (Å²) in [6, 6.07) is 0. The predicted octanol–water partition coefficient (Wildman–Crippen LogP) is 1.78. The maximum absolute atomic E-state index is 11.1. The van der Waals surface area contributed by atoms with Crippen molar-refractivity contribution < 1.29 is 4.79 Å². The minimum absolute atomic E-state index is 0.334. The second-order valence-electron chi connectivity index (χ2n) is 2.53. The van der Waals surface area contributed by atoms with Crippen LogP contribution in [0.2, 0.25) is 0 Å². The maximum Gasteiger partial charge on any atom is 0.223 e. The summed E-state index contributed by atoms with van der Waals surface area (Å²) in [5.41, 5.74) is 0. The van der Waals surface area contributed by atoms with Crippen molar-refractivity contribution in [2.24, 2.45) is 0 Å². The molecule has 0 spiro atoms. The number of amides is 1. The molecule has 1 atom stereocenters. The number of hydrogen-bond acceptors (Lipinski definition) is 1. The van der Waals surface area contributed by atoms with Crippen LogP contribution >= 0.6 is 22.6 Å². The average Bonchev–Trinajstić information content (AvgIpc) is 2.34. The van der Waals surface area contributed by atoms with Crippen molar-refractivity contribution in [3.63, 3.8) is 0 Å². The van der Waals surface area contributed by atoms with E-state index in [1.54, 1.807) is 0 Å². The van der Waals surface area contributed by atoms with Crippen LogP contribution in [0.3, 0.4) is 0 Å². The van der Waals surface area contributed by atoms with E-state index in [4.69, 9.17) is 0 Å². The molecule has 0 bridgehead atoms. The zero-order valence-corrected chi connectivity index (χ0v) is 8.30. The third-order valence-corrected chi connectivity index (χ3v) is 3.34. The monoisotopic (exact) mass is 253 g/mol. The van der Waals surface area contributed by atoms with E-state index in [9.17, 15) is 4.79 Å². The molecule has 0 aliphatic carbocycles. The van der Waals surface area contributed by atoms with Crippen molar-refractivity contribution in [3.8, 4) is 0 Å². The fraction of sp³-hybridized carbons (Fsp3) is 0.857. The third-order valence-electron chi connectivity index (χ3n) is 1.79. The summed E-state index contributed by atoms with van der Waals surface area (Å²) in [7, 11) is 0. The van der Waals surface area contributed by atoms with Crippen molar-refractivity contribution in [1.29, 1.82) is 0 Å². The highest BCUT2D eigenvalue weighted by Crippen LogP contribution is 2.19. The predicted molar refractivity (Wildman–Crippen MR) is 49.0 cm³/mol. The summed E-state index contributed by atoms with van der Waals surface area (Å²) in [6.07, 6.45) is 2.88. The summed E-state index contributed by atoms with van der Waals surface area (Å²) in [4.78, 5) is 13.1. The SMILES string of the molecule is CCC(I)N1CCCC1=O. The number of likely N-dealkylation sites (tertiary alicyclic amines) is 1. The van der Waals surface area contributed by atoms with Crippen LogP contribution in [0.25, 0.3) is 0 Å². The lowest BCUT2D eigenvalue weighted by molar-refractivity contribution is -0.128. The summed E-state index contributed by atoms with van der Waals surface area (Å²) in [5, 5.41) is 0. The standard InChI is InChI=1S/C7H12INO/c1-2-6(8)9-5-3-4-7(9)10/h6H,2-5H2,1H3. The molecule has 0 N–H and O–H groups in total. The van der Waals surface area contributed by atoms with Gasteiger partial charge in [-0.25, -0.2) is 0 Å². The first kappa shape index (κ1) is 8.30. The van der Waals surface area contributed by atoms with Crippen LogP contribution in [-0.4, -0.2) is 21.4 Å². The Balaban J connectivity index is 2.46. The highest BCUT2D eigenvalue weighted by atomic mass is 127. The Hall–Kier alpha value is 0.200. The number of carbonyl (C=O) groups excluding carboxylic acids is 1. The molecule has 0 saturated carbocycles. The van der Waals surface area contributed by atoms with Crippen LogP contribution in [0, 0.1) is 0 Å². The van der Waals surface area contributed by atoms with Gasteiger partial charge in [-0.2, -0.15) is 0 Å². The Kier molecular flexibility index (Phi) is 2.95. The van der Waals surface area contributed by atoms with E-state index in [1.807, 2.05) is 4.90 Å². The molecule has 1 rings (SSSR count). The smallest absolute Gasteiger partial charge is 0.223 e. The summed E-state index contributed by atoms with van der Waals surface area (Å²) in [5.74, 6) is 0.334. The van der Waals surface area contributed by atoms with Crippen LogP contribution in [-0.2, 0) is 4.79 Å². The van der Waals surface area contributed by atoms with E-state index in [0.29, 0.717) is 9.96 Å². The van der Waals surface area contributed by atoms with E-state index in [-0.39, 0.29) is 0 Å². The Morgan fingerprint density at radius 3 is 2.90 bits per heavy atom. The van der Waals surface area contributed by atoms with Gasteiger partial charge in [0.15, 0.2) is 0 Å². The number of rotatable bonds is 2. The number of halogens is 1. The molecule has 0 aromatic rings. The van der Waals surface area contributed by atoms with Gasteiger partial charge in [-0.05, 0) is 12.8 Å². The molecule has 0 aromatic carbocycles. The van der Waals surface area contributed by atoms with Crippen LogP contribution in [0.5, 0.6) is 0 Å². The van der Waals surface area contributed by atoms with E-state index in [2.05, 4.69) is 29.5 Å². The first-order chi connectivity index (χ1) is 4.75. The molecule has 1 heterocycles. The zero-order valence-electron chi connectivity index (χ0n) is 6.14. The summed E-state index contributed by atoms with van der Waals surface area (Å²) in [6.45, 7) is 3.09. The Labute approximate surface area is 75.1 Å². The first-order valence-electron chi connectivity index (χ1n) is 3.69. The minimum atomic E-state index is 0.334. The minimum Gasteiger partial charge on any atom is -0.331 e. The largest absolute Gasteiger partial charge is 0.331 e. The van der Waals surface area contributed by atoms with Gasteiger partial charge in [-0.1, -0.05) is 29.5 Å². The Morgan fingerprint density at radius 1 is 1.80 bits per heavy atom. The van der Waals surface area contributed by atoms with E-state index < -0.39 is 0 Å². The van der Waals surface area contributed by atoms with Gasteiger partial charge in [0.1, 0.15) is 0 Å². The highest BCUT2D eigenvalue weighted by Gasteiger charge is 2.24. The average molecular weight is 253 g/mol. The molecular formula is C7H12INO. The van der Waals surface area contributed by atoms with Gasteiger partial charge in [0.05, 0.1) is 4.05 Å². The van der Waals surface area contributed by atoms with E-state index >= 15 is 0 Å². The van der Waals surface area contributed by atoms with Crippen LogP contribution in [0.1, 0.15) is 26.2 Å². The van der Waals surface area contributed by atoms with E-state index in [0.717, 1.165) is 25.8 Å². The molecule has 1 amide bonds. The number of carbonyl (C=O) groups is 1. The van der Waals surface area contributed by atoms with Crippen LogP contribution in [0.4, 0.5) is 0 Å². The maximum atomic E-state index is 11.1. The molecular weight excluding hydrogens is 241 g/mol. The third kappa shape index (κ3) is 1.62. The molecule has 1 aliphatic rings. The van der Waals surface area contributed by atoms with E-state index in [1.165, 1.54) is 0 Å². The second kappa shape index (κ2) is 3.55. The number of hydrogen-bond donors (Lipinski definition) is 0. The van der Waals surface area contributed by atoms with Crippen molar-refractivity contribution in [3.05, 3.63) is 0 Å². The van der Waals surface area contributed by atoms with Crippen LogP contribution in [0.15, 0.2) is 0 Å². The molecule has 3 heteroatoms. The zero-order chi connectivity index (χ0) is 7.56. The van der Waals surface area contributed by atoms with Gasteiger partial charge in [-0.3, -0.25) is 4.79 Å². The van der Waals surface area contributed by atoms with Gasteiger partial charge in [0.25, 0.3) is 0 Å². The topological polar surface area (TPSA) is 20.3 Å². The summed E-state index contributed by atoms with van der Waals surface area (Å²) < 4.78 is 0.424. The Morgan fingerprint density at radius 2 is 2.50 bits per heavy atom. The lowest BCUT2D eigenvalue weighted by Crippen LogP contribution is -2.31. The molecule has 2 nitrogen and oxygen atoms in total. The van der Waals surface area contributed by atoms with Gasteiger partial charge in [0.2, 0.25) is 5.91 Å². The number of alkyl halides is 1. The van der Waals surface area contributed by atoms with Gasteiger partial charge >= 0.3 is 0 Å². The van der Waals surface area contributed by atoms with Gasteiger partial charge in [-0.15, -0.1) is 0 Å².